The summed E-state index contributed by atoms with van der Waals surface area (Å²) in [6.07, 6.45) is 0.674. The van der Waals surface area contributed by atoms with Crippen LogP contribution in [-0.2, 0) is 22.4 Å². The number of anilines is 1. The Morgan fingerprint density at radius 3 is 2.50 bits per heavy atom. The highest BCUT2D eigenvalue weighted by Gasteiger charge is 2.36. The Hall–Kier alpha value is -2.33. The zero-order valence-corrected chi connectivity index (χ0v) is 12.6. The smallest absolute Gasteiger partial charge is 0.240 e. The normalized spacial score (nSPS) is 16.4. The Morgan fingerprint density at radius 1 is 1.14 bits per heavy atom. The maximum atomic E-state index is 12.7. The quantitative estimate of drug-likeness (QED) is 0.945. The van der Waals surface area contributed by atoms with Crippen molar-refractivity contribution in [3.8, 4) is 0 Å². The molecule has 0 bridgehead atoms. The van der Waals surface area contributed by atoms with Gasteiger partial charge in [0, 0.05) is 17.1 Å². The molecule has 0 saturated carbocycles. The fourth-order valence-electron chi connectivity index (χ4n) is 2.78. The first kappa shape index (κ1) is 14.6. The lowest BCUT2D eigenvalue weighted by Crippen LogP contribution is -2.46. The van der Waals surface area contributed by atoms with Crippen LogP contribution >= 0.6 is 11.6 Å². The lowest BCUT2D eigenvalue weighted by Gasteiger charge is -2.23. The summed E-state index contributed by atoms with van der Waals surface area (Å²) in [7, 11) is 0. The first-order chi connectivity index (χ1) is 10.6. The van der Waals surface area contributed by atoms with Crippen molar-refractivity contribution in [2.45, 2.75) is 18.9 Å². The number of para-hydroxylation sites is 1. The molecule has 0 unspecified atom stereocenters. The topological polar surface area (TPSA) is 63.4 Å². The molecule has 22 heavy (non-hydrogen) atoms. The van der Waals surface area contributed by atoms with Gasteiger partial charge in [-0.05, 0) is 29.3 Å². The van der Waals surface area contributed by atoms with E-state index in [2.05, 4.69) is 0 Å². The lowest BCUT2D eigenvalue weighted by molar-refractivity contribution is -0.124. The molecule has 3 rings (SSSR count). The number of primary amides is 1. The summed E-state index contributed by atoms with van der Waals surface area (Å²) in [5, 5.41) is 0.623. The molecule has 2 N–H and O–H groups in total. The molecule has 2 aromatic rings. The van der Waals surface area contributed by atoms with E-state index in [0.717, 1.165) is 16.8 Å². The Labute approximate surface area is 133 Å². The molecule has 0 radical (unpaired) electrons. The molecule has 2 aromatic carbocycles. The van der Waals surface area contributed by atoms with E-state index in [-0.39, 0.29) is 12.3 Å². The Kier molecular flexibility index (Phi) is 3.86. The largest absolute Gasteiger partial charge is 0.368 e. The number of hydrogen-bond donors (Lipinski definition) is 1. The minimum atomic E-state index is -0.614. The van der Waals surface area contributed by atoms with Crippen LogP contribution in [0.5, 0.6) is 0 Å². The van der Waals surface area contributed by atoms with Gasteiger partial charge < -0.3 is 5.73 Å². The average molecular weight is 315 g/mol. The first-order valence-corrected chi connectivity index (χ1v) is 7.38. The van der Waals surface area contributed by atoms with E-state index in [1.54, 1.807) is 12.1 Å². The van der Waals surface area contributed by atoms with E-state index in [1.165, 1.54) is 4.90 Å². The summed E-state index contributed by atoms with van der Waals surface area (Å²) in [6.45, 7) is 0. The van der Waals surface area contributed by atoms with Gasteiger partial charge in [-0.2, -0.15) is 0 Å². The second kappa shape index (κ2) is 5.81. The van der Waals surface area contributed by atoms with Crippen LogP contribution in [0.1, 0.15) is 11.1 Å². The summed E-state index contributed by atoms with van der Waals surface area (Å²) < 4.78 is 0. The minimum absolute atomic E-state index is 0.143. The molecule has 0 saturated heterocycles. The van der Waals surface area contributed by atoms with Crippen molar-refractivity contribution in [3.63, 3.8) is 0 Å². The summed E-state index contributed by atoms with van der Waals surface area (Å²) in [4.78, 5) is 25.9. The molecule has 5 heteroatoms. The number of nitrogens with zero attached hydrogens (tertiary/aromatic N) is 1. The molecule has 2 amide bonds. The maximum Gasteiger partial charge on any atom is 0.240 e. The Bertz CT molecular complexity index is 728. The predicted octanol–water partition coefficient (Wildman–Crippen LogP) is 2.33. The fraction of sp³-hybridized carbons (Fsp3) is 0.176. The Balaban J connectivity index is 1.88. The van der Waals surface area contributed by atoms with Crippen molar-refractivity contribution < 1.29 is 9.59 Å². The number of benzene rings is 2. The third kappa shape index (κ3) is 2.70. The first-order valence-electron chi connectivity index (χ1n) is 7.00. The van der Waals surface area contributed by atoms with Crippen LogP contribution in [0.3, 0.4) is 0 Å². The van der Waals surface area contributed by atoms with Gasteiger partial charge in [0.15, 0.2) is 0 Å². The van der Waals surface area contributed by atoms with Gasteiger partial charge in [0.2, 0.25) is 11.8 Å². The molecule has 0 aliphatic carbocycles. The number of nitrogens with two attached hydrogens (primary N) is 1. The summed E-state index contributed by atoms with van der Waals surface area (Å²) in [6, 6.07) is 14.0. The van der Waals surface area contributed by atoms with E-state index < -0.39 is 11.9 Å². The van der Waals surface area contributed by atoms with Gasteiger partial charge in [0.05, 0.1) is 6.42 Å². The van der Waals surface area contributed by atoms with Crippen molar-refractivity contribution in [2.24, 2.45) is 5.73 Å². The molecular formula is C17H15ClN2O2. The summed E-state index contributed by atoms with van der Waals surface area (Å²) in [5.74, 6) is -0.628. The van der Waals surface area contributed by atoms with Crippen LogP contribution < -0.4 is 10.6 Å². The van der Waals surface area contributed by atoms with E-state index in [1.807, 2.05) is 36.4 Å². The number of carbonyl (C=O) groups excluding carboxylic acids is 2. The third-order valence-corrected chi connectivity index (χ3v) is 4.09. The highest BCUT2D eigenvalue weighted by atomic mass is 35.5. The molecule has 1 aliphatic rings. The second-order valence-electron chi connectivity index (χ2n) is 5.32. The zero-order valence-electron chi connectivity index (χ0n) is 11.8. The van der Waals surface area contributed by atoms with Gasteiger partial charge in [0.1, 0.15) is 6.04 Å². The minimum Gasteiger partial charge on any atom is -0.368 e. The van der Waals surface area contributed by atoms with Crippen LogP contribution in [0.15, 0.2) is 48.5 Å². The number of hydrogen-bond acceptors (Lipinski definition) is 2. The highest BCUT2D eigenvalue weighted by Crippen LogP contribution is 2.32. The molecule has 0 aromatic heterocycles. The van der Waals surface area contributed by atoms with Crippen molar-refractivity contribution in [1.82, 2.24) is 0 Å². The lowest BCUT2D eigenvalue weighted by atomic mass is 10.1. The van der Waals surface area contributed by atoms with Crippen molar-refractivity contribution in [2.75, 3.05) is 4.90 Å². The second-order valence-corrected chi connectivity index (χ2v) is 5.75. The van der Waals surface area contributed by atoms with Gasteiger partial charge in [-0.15, -0.1) is 0 Å². The van der Waals surface area contributed by atoms with E-state index in [0.29, 0.717) is 11.4 Å². The number of amides is 2. The van der Waals surface area contributed by atoms with E-state index >= 15 is 0 Å². The van der Waals surface area contributed by atoms with Crippen molar-refractivity contribution in [3.05, 3.63) is 64.7 Å². The van der Waals surface area contributed by atoms with Gasteiger partial charge >= 0.3 is 0 Å². The predicted molar refractivity (Wildman–Crippen MR) is 85.8 cm³/mol. The zero-order chi connectivity index (χ0) is 15.7. The van der Waals surface area contributed by atoms with Crippen LogP contribution in [0.2, 0.25) is 5.02 Å². The molecule has 1 atom stereocenters. The number of fused-ring (bicyclic) bond motifs is 1. The van der Waals surface area contributed by atoms with Crippen molar-refractivity contribution in [1.29, 1.82) is 0 Å². The average Bonchev–Trinajstić information content (AvgIpc) is 2.89. The molecule has 4 nitrogen and oxygen atoms in total. The SMILES string of the molecule is NC(=O)[C@H]1Cc2ccccc2N1C(=O)Cc1ccc(Cl)cc1. The van der Waals surface area contributed by atoms with E-state index in [4.69, 9.17) is 17.3 Å². The molecule has 1 heterocycles. The van der Waals surface area contributed by atoms with Crippen LogP contribution in [0, 0.1) is 0 Å². The summed E-state index contributed by atoms with van der Waals surface area (Å²) in [5.41, 5.74) is 8.05. The van der Waals surface area contributed by atoms with Crippen molar-refractivity contribution >= 4 is 29.1 Å². The molecule has 0 fully saturated rings. The van der Waals surface area contributed by atoms with Gasteiger partial charge in [-0.3, -0.25) is 14.5 Å². The highest BCUT2D eigenvalue weighted by molar-refractivity contribution is 6.30. The van der Waals surface area contributed by atoms with Crippen LogP contribution in [0.25, 0.3) is 0 Å². The number of carbonyl (C=O) groups is 2. The molecular weight excluding hydrogens is 300 g/mol. The monoisotopic (exact) mass is 314 g/mol. The maximum absolute atomic E-state index is 12.7. The molecule has 112 valence electrons. The Morgan fingerprint density at radius 2 is 1.82 bits per heavy atom. The number of halogens is 1. The number of rotatable bonds is 3. The fourth-order valence-corrected chi connectivity index (χ4v) is 2.91. The third-order valence-electron chi connectivity index (χ3n) is 3.84. The van der Waals surface area contributed by atoms with Gasteiger partial charge in [-0.25, -0.2) is 0 Å². The molecule has 0 spiro atoms. The van der Waals surface area contributed by atoms with Crippen LogP contribution in [-0.4, -0.2) is 17.9 Å². The van der Waals surface area contributed by atoms with E-state index in [9.17, 15) is 9.59 Å². The van der Waals surface area contributed by atoms with Gasteiger partial charge in [-0.1, -0.05) is 41.9 Å². The van der Waals surface area contributed by atoms with Gasteiger partial charge in [0.25, 0.3) is 0 Å². The summed E-state index contributed by atoms with van der Waals surface area (Å²) >= 11 is 5.85. The molecule has 1 aliphatic heterocycles. The van der Waals surface area contributed by atoms with Crippen LogP contribution in [0.4, 0.5) is 5.69 Å². The standard InChI is InChI=1S/C17H15ClN2O2/c18-13-7-5-11(6-8-13)9-16(21)20-14-4-2-1-3-12(14)10-15(20)17(19)22/h1-8,15H,9-10H2,(H2,19,22)/t15-/m1/s1.